The summed E-state index contributed by atoms with van der Waals surface area (Å²) in [6.45, 7) is 1.97. The van der Waals surface area contributed by atoms with Crippen molar-refractivity contribution in [3.63, 3.8) is 0 Å². The average molecular weight is 233 g/mol. The lowest BCUT2D eigenvalue weighted by Gasteiger charge is -2.44. The van der Waals surface area contributed by atoms with Crippen molar-refractivity contribution in [2.75, 3.05) is 13.2 Å². The molecule has 0 amide bonds. The molecule has 0 saturated carbocycles. The summed E-state index contributed by atoms with van der Waals surface area (Å²) in [7, 11) is 0. The van der Waals surface area contributed by atoms with Gasteiger partial charge in [0.25, 0.3) is 0 Å². The van der Waals surface area contributed by atoms with Crippen LogP contribution in [0.2, 0.25) is 0 Å². The minimum Gasteiger partial charge on any atom is -0.394 e. The number of ether oxygens (including phenoxy) is 1. The molecule has 0 bridgehead atoms. The summed E-state index contributed by atoms with van der Waals surface area (Å²) in [5, 5.41) is 28.6. The SMILES string of the molecule is CCCCC[C@]1(N)CO[C@H](CO)[C@@H](O)[C@@H]1O. The third-order valence-corrected chi connectivity index (χ3v) is 3.29. The predicted octanol–water partition coefficient (Wildman–Crippen LogP) is -0.623. The van der Waals surface area contributed by atoms with E-state index in [1.807, 2.05) is 0 Å². The highest BCUT2D eigenvalue weighted by Crippen LogP contribution is 2.26. The van der Waals surface area contributed by atoms with Gasteiger partial charge in [-0.15, -0.1) is 0 Å². The Bertz CT molecular complexity index is 210. The van der Waals surface area contributed by atoms with Gasteiger partial charge in [-0.05, 0) is 6.42 Å². The molecule has 0 radical (unpaired) electrons. The van der Waals surface area contributed by atoms with Gasteiger partial charge in [0.05, 0.1) is 18.8 Å². The van der Waals surface area contributed by atoms with E-state index in [2.05, 4.69) is 6.92 Å². The van der Waals surface area contributed by atoms with Gasteiger partial charge in [0.2, 0.25) is 0 Å². The maximum absolute atomic E-state index is 9.93. The Morgan fingerprint density at radius 1 is 1.38 bits per heavy atom. The van der Waals surface area contributed by atoms with Crippen LogP contribution in [-0.2, 0) is 4.74 Å². The Labute approximate surface area is 96.2 Å². The highest BCUT2D eigenvalue weighted by Gasteiger charge is 2.46. The number of hydrogen-bond donors (Lipinski definition) is 4. The fourth-order valence-electron chi connectivity index (χ4n) is 2.07. The highest BCUT2D eigenvalue weighted by atomic mass is 16.5. The van der Waals surface area contributed by atoms with E-state index in [1.54, 1.807) is 0 Å². The van der Waals surface area contributed by atoms with Crippen LogP contribution in [0.25, 0.3) is 0 Å². The Morgan fingerprint density at radius 2 is 2.06 bits per heavy atom. The van der Waals surface area contributed by atoms with Gasteiger partial charge in [-0.1, -0.05) is 26.2 Å². The van der Waals surface area contributed by atoms with E-state index < -0.39 is 23.9 Å². The smallest absolute Gasteiger partial charge is 0.110 e. The first-order valence-electron chi connectivity index (χ1n) is 5.92. The molecule has 1 aliphatic heterocycles. The van der Waals surface area contributed by atoms with Crippen molar-refractivity contribution in [1.29, 1.82) is 0 Å². The van der Waals surface area contributed by atoms with Gasteiger partial charge in [0.15, 0.2) is 0 Å². The summed E-state index contributed by atoms with van der Waals surface area (Å²) in [6, 6.07) is 0. The summed E-state index contributed by atoms with van der Waals surface area (Å²) in [5.41, 5.74) is 5.15. The third-order valence-electron chi connectivity index (χ3n) is 3.29. The number of aliphatic hydroxyl groups is 3. The van der Waals surface area contributed by atoms with E-state index in [0.29, 0.717) is 6.42 Å². The molecular formula is C11H23NO4. The minimum absolute atomic E-state index is 0.181. The van der Waals surface area contributed by atoms with Crippen LogP contribution in [-0.4, -0.2) is 52.4 Å². The van der Waals surface area contributed by atoms with E-state index >= 15 is 0 Å². The molecule has 1 heterocycles. The lowest BCUT2D eigenvalue weighted by atomic mass is 9.82. The second-order valence-corrected chi connectivity index (χ2v) is 4.66. The number of nitrogens with two attached hydrogens (primary N) is 1. The van der Waals surface area contributed by atoms with Crippen LogP contribution in [0.4, 0.5) is 0 Å². The van der Waals surface area contributed by atoms with Crippen LogP contribution < -0.4 is 5.73 Å². The first-order valence-corrected chi connectivity index (χ1v) is 5.92. The molecule has 5 nitrogen and oxygen atoms in total. The van der Waals surface area contributed by atoms with Gasteiger partial charge in [0.1, 0.15) is 18.3 Å². The Balaban J connectivity index is 2.54. The molecular weight excluding hydrogens is 210 g/mol. The monoisotopic (exact) mass is 233 g/mol. The van der Waals surface area contributed by atoms with E-state index in [4.69, 9.17) is 15.6 Å². The zero-order chi connectivity index (χ0) is 12.2. The number of unbranched alkanes of at least 4 members (excludes halogenated alkanes) is 2. The molecule has 0 aliphatic carbocycles. The normalized spacial score (nSPS) is 39.9. The summed E-state index contributed by atoms with van der Waals surface area (Å²) >= 11 is 0. The fourth-order valence-corrected chi connectivity index (χ4v) is 2.07. The Morgan fingerprint density at radius 3 is 2.62 bits per heavy atom. The zero-order valence-corrected chi connectivity index (χ0v) is 9.80. The maximum Gasteiger partial charge on any atom is 0.110 e. The molecule has 96 valence electrons. The van der Waals surface area contributed by atoms with Crippen LogP contribution >= 0.6 is 0 Å². The molecule has 1 aliphatic rings. The molecule has 0 aromatic heterocycles. The molecule has 5 heteroatoms. The Kier molecular flexibility index (Phi) is 5.14. The molecule has 1 saturated heterocycles. The van der Waals surface area contributed by atoms with Gasteiger partial charge >= 0.3 is 0 Å². The zero-order valence-electron chi connectivity index (χ0n) is 9.80. The highest BCUT2D eigenvalue weighted by molar-refractivity contribution is 5.00. The second kappa shape index (κ2) is 5.93. The average Bonchev–Trinajstić information content (AvgIpc) is 2.27. The van der Waals surface area contributed by atoms with Crippen LogP contribution in [0, 0.1) is 0 Å². The molecule has 1 rings (SSSR count). The van der Waals surface area contributed by atoms with Gasteiger partial charge < -0.3 is 25.8 Å². The quantitative estimate of drug-likeness (QED) is 0.475. The molecule has 4 atom stereocenters. The van der Waals surface area contributed by atoms with E-state index in [0.717, 1.165) is 19.3 Å². The lowest BCUT2D eigenvalue weighted by Crippen LogP contribution is -2.66. The first-order chi connectivity index (χ1) is 7.55. The van der Waals surface area contributed by atoms with Crippen LogP contribution in [0.1, 0.15) is 32.6 Å². The lowest BCUT2D eigenvalue weighted by molar-refractivity contribution is -0.184. The summed E-state index contributed by atoms with van der Waals surface area (Å²) < 4.78 is 5.27. The van der Waals surface area contributed by atoms with Crippen molar-refractivity contribution in [1.82, 2.24) is 0 Å². The second-order valence-electron chi connectivity index (χ2n) is 4.66. The molecule has 0 aromatic rings. The molecule has 16 heavy (non-hydrogen) atoms. The fraction of sp³-hybridized carbons (Fsp3) is 1.00. The van der Waals surface area contributed by atoms with Crippen molar-refractivity contribution < 1.29 is 20.1 Å². The maximum atomic E-state index is 9.93. The minimum atomic E-state index is -1.11. The first kappa shape index (κ1) is 13.9. The summed E-state index contributed by atoms with van der Waals surface area (Å²) in [4.78, 5) is 0. The van der Waals surface area contributed by atoms with Crippen molar-refractivity contribution in [3.8, 4) is 0 Å². The van der Waals surface area contributed by atoms with Crippen LogP contribution in [0.3, 0.4) is 0 Å². The van der Waals surface area contributed by atoms with Crippen molar-refractivity contribution in [3.05, 3.63) is 0 Å². The van der Waals surface area contributed by atoms with E-state index in [1.165, 1.54) is 0 Å². The topological polar surface area (TPSA) is 95.9 Å². The Hall–Kier alpha value is -0.200. The summed E-state index contributed by atoms with van der Waals surface area (Å²) in [6.07, 6.45) is 0.791. The van der Waals surface area contributed by atoms with Crippen LogP contribution in [0.15, 0.2) is 0 Å². The van der Waals surface area contributed by atoms with Gasteiger partial charge in [0, 0.05) is 0 Å². The number of rotatable bonds is 5. The summed E-state index contributed by atoms with van der Waals surface area (Å²) in [5.74, 6) is 0. The van der Waals surface area contributed by atoms with E-state index in [9.17, 15) is 10.2 Å². The molecule has 0 spiro atoms. The number of aliphatic hydroxyl groups excluding tert-OH is 3. The van der Waals surface area contributed by atoms with Gasteiger partial charge in [-0.2, -0.15) is 0 Å². The molecule has 1 fully saturated rings. The van der Waals surface area contributed by atoms with Crippen molar-refractivity contribution in [2.24, 2.45) is 5.73 Å². The predicted molar refractivity (Wildman–Crippen MR) is 59.9 cm³/mol. The third kappa shape index (κ3) is 2.93. The van der Waals surface area contributed by atoms with Crippen molar-refractivity contribution >= 4 is 0 Å². The molecule has 5 N–H and O–H groups in total. The molecule has 0 unspecified atom stereocenters. The van der Waals surface area contributed by atoms with Gasteiger partial charge in [-0.25, -0.2) is 0 Å². The largest absolute Gasteiger partial charge is 0.394 e. The molecule has 0 aromatic carbocycles. The van der Waals surface area contributed by atoms with E-state index in [-0.39, 0.29) is 13.2 Å². The van der Waals surface area contributed by atoms with Crippen LogP contribution in [0.5, 0.6) is 0 Å². The standard InChI is InChI=1S/C11H23NO4/c1-2-3-4-5-11(12)7-16-8(6-13)9(14)10(11)15/h8-10,13-15H,2-7,12H2,1H3/t8-,9-,10+,11+/m1/s1. The van der Waals surface area contributed by atoms with Crippen molar-refractivity contribution in [2.45, 2.75) is 56.5 Å². The number of hydrogen-bond acceptors (Lipinski definition) is 5. The van der Waals surface area contributed by atoms with Gasteiger partial charge in [-0.3, -0.25) is 0 Å².